The molecule has 0 saturated heterocycles. The summed E-state index contributed by atoms with van der Waals surface area (Å²) in [5.41, 5.74) is 0.785. The lowest BCUT2D eigenvalue weighted by atomic mass is 9.93. The number of halogens is 1. The minimum absolute atomic E-state index is 0.0414. The van der Waals surface area contributed by atoms with E-state index in [9.17, 15) is 25.2 Å². The second-order valence-electron chi connectivity index (χ2n) is 5.79. The molecule has 7 heteroatoms. The molecule has 4 N–H and O–H groups in total. The van der Waals surface area contributed by atoms with Crippen LogP contribution in [0.2, 0.25) is 0 Å². The Hall–Kier alpha value is -3.19. The van der Waals surface area contributed by atoms with Gasteiger partial charge >= 0.3 is 0 Å². The van der Waals surface area contributed by atoms with Crippen LogP contribution in [-0.2, 0) is 0 Å². The zero-order valence-corrected chi connectivity index (χ0v) is 14.6. The smallest absolute Gasteiger partial charge is 0.223 e. The normalized spacial score (nSPS) is 11.3. The van der Waals surface area contributed by atoms with Crippen LogP contribution < -0.4 is 5.43 Å². The second kappa shape index (κ2) is 5.67. The van der Waals surface area contributed by atoms with Gasteiger partial charge in [-0.1, -0.05) is 15.9 Å². The molecule has 4 rings (SSSR count). The third-order valence-corrected chi connectivity index (χ3v) is 4.62. The van der Waals surface area contributed by atoms with Crippen molar-refractivity contribution in [3.8, 4) is 45.4 Å². The summed E-state index contributed by atoms with van der Waals surface area (Å²) in [5.74, 6) is -1.09. The molecule has 0 atom stereocenters. The van der Waals surface area contributed by atoms with Gasteiger partial charge in [0.25, 0.3) is 0 Å². The maximum Gasteiger partial charge on any atom is 0.223 e. The van der Waals surface area contributed by atoms with E-state index in [1.165, 1.54) is 24.3 Å². The number of fused-ring (bicyclic) bond motifs is 2. The van der Waals surface area contributed by atoms with E-state index >= 15 is 0 Å². The number of rotatable bonds is 1. The van der Waals surface area contributed by atoms with Gasteiger partial charge in [-0.05, 0) is 30.3 Å². The summed E-state index contributed by atoms with van der Waals surface area (Å²) in [6, 6.07) is 9.71. The Labute approximate surface area is 154 Å². The third kappa shape index (κ3) is 2.44. The van der Waals surface area contributed by atoms with Crippen molar-refractivity contribution in [3.63, 3.8) is 0 Å². The van der Waals surface area contributed by atoms with Crippen molar-refractivity contribution in [2.45, 2.75) is 0 Å². The summed E-state index contributed by atoms with van der Waals surface area (Å²) in [7, 11) is 0. The van der Waals surface area contributed by atoms with E-state index in [2.05, 4.69) is 15.9 Å². The first-order chi connectivity index (χ1) is 12.3. The number of aromatic hydroxyl groups is 4. The molecule has 0 saturated carbocycles. The monoisotopic (exact) mass is 414 g/mol. The van der Waals surface area contributed by atoms with Crippen LogP contribution in [0.1, 0.15) is 0 Å². The van der Waals surface area contributed by atoms with Crippen LogP contribution in [0.3, 0.4) is 0 Å². The first-order valence-corrected chi connectivity index (χ1v) is 8.29. The average Bonchev–Trinajstić information content (AvgIpc) is 2.58. The lowest BCUT2D eigenvalue weighted by Crippen LogP contribution is -2.01. The van der Waals surface area contributed by atoms with E-state index in [0.29, 0.717) is 26.5 Å². The molecule has 1 heterocycles. The molecule has 0 fully saturated rings. The van der Waals surface area contributed by atoms with Gasteiger partial charge in [0.15, 0.2) is 17.2 Å². The highest BCUT2D eigenvalue weighted by Crippen LogP contribution is 2.46. The molecule has 0 aromatic heterocycles. The molecule has 0 bridgehead atoms. The lowest BCUT2D eigenvalue weighted by molar-refractivity contribution is 0.404. The molecule has 6 nitrogen and oxygen atoms in total. The fourth-order valence-corrected chi connectivity index (χ4v) is 3.29. The summed E-state index contributed by atoms with van der Waals surface area (Å²) < 4.78 is 6.37. The van der Waals surface area contributed by atoms with Gasteiger partial charge in [0.05, 0.1) is 0 Å². The first-order valence-electron chi connectivity index (χ1n) is 7.49. The highest BCUT2D eigenvalue weighted by atomic mass is 79.9. The van der Waals surface area contributed by atoms with Crippen LogP contribution in [0, 0.1) is 0 Å². The fourth-order valence-electron chi connectivity index (χ4n) is 2.93. The van der Waals surface area contributed by atoms with Gasteiger partial charge in [-0.15, -0.1) is 0 Å². The molecule has 130 valence electrons. The van der Waals surface area contributed by atoms with Crippen molar-refractivity contribution in [2.75, 3.05) is 0 Å². The van der Waals surface area contributed by atoms with E-state index in [4.69, 9.17) is 4.42 Å². The van der Waals surface area contributed by atoms with Crippen molar-refractivity contribution in [3.05, 3.63) is 57.2 Å². The van der Waals surface area contributed by atoms with Crippen molar-refractivity contribution >= 4 is 26.9 Å². The molecule has 1 aliphatic heterocycles. The molecule has 1 aliphatic carbocycles. The van der Waals surface area contributed by atoms with Crippen molar-refractivity contribution in [1.29, 1.82) is 0 Å². The largest absolute Gasteiger partial charge is 0.507 e. The first kappa shape index (κ1) is 16.3. The van der Waals surface area contributed by atoms with Gasteiger partial charge in [0, 0.05) is 38.7 Å². The van der Waals surface area contributed by atoms with Crippen LogP contribution in [0.15, 0.2) is 56.1 Å². The van der Waals surface area contributed by atoms with Crippen LogP contribution in [0.4, 0.5) is 0 Å². The fraction of sp³-hybridized carbons (Fsp3) is 0. The molecule has 2 aromatic rings. The Balaban J connectivity index is 2.27. The second-order valence-corrected chi connectivity index (χ2v) is 6.71. The maximum atomic E-state index is 11.8. The zero-order chi connectivity index (χ0) is 18.6. The average molecular weight is 415 g/mol. The van der Waals surface area contributed by atoms with Crippen molar-refractivity contribution in [2.24, 2.45) is 0 Å². The van der Waals surface area contributed by atoms with Crippen molar-refractivity contribution in [1.82, 2.24) is 0 Å². The predicted molar refractivity (Wildman–Crippen MR) is 98.9 cm³/mol. The Morgan fingerprint density at radius 3 is 2.27 bits per heavy atom. The quantitative estimate of drug-likeness (QED) is 0.275. The number of phenols is 4. The predicted octanol–water partition coefficient (Wildman–Crippen LogP) is 4.15. The number of hydrogen-bond donors (Lipinski definition) is 4. The summed E-state index contributed by atoms with van der Waals surface area (Å²) >= 11 is 3.35. The SMILES string of the molecule is O=c1cc2oc3cc(O)c(O)cc3c(-c3cc(Br)ccc3O)c-2cc1O. The molecule has 26 heavy (non-hydrogen) atoms. The van der Waals surface area contributed by atoms with E-state index in [0.717, 1.165) is 6.07 Å². The highest BCUT2D eigenvalue weighted by Gasteiger charge is 2.22. The summed E-state index contributed by atoms with van der Waals surface area (Å²) in [5, 5.41) is 40.3. The summed E-state index contributed by atoms with van der Waals surface area (Å²) in [6.45, 7) is 0. The van der Waals surface area contributed by atoms with Gasteiger partial charge in [0.2, 0.25) is 5.43 Å². The highest BCUT2D eigenvalue weighted by molar-refractivity contribution is 9.10. The van der Waals surface area contributed by atoms with Gasteiger partial charge in [-0.25, -0.2) is 0 Å². The maximum absolute atomic E-state index is 11.8. The van der Waals surface area contributed by atoms with E-state index in [-0.39, 0.29) is 28.6 Å². The van der Waals surface area contributed by atoms with Crippen LogP contribution in [0.5, 0.6) is 23.0 Å². The zero-order valence-electron chi connectivity index (χ0n) is 13.0. The molecule has 0 radical (unpaired) electrons. The number of phenolic OH excluding ortho intramolecular Hbond substituents is 4. The molecule has 0 unspecified atom stereocenters. The van der Waals surface area contributed by atoms with Gasteiger partial charge in [-0.3, -0.25) is 4.79 Å². The molecular weight excluding hydrogens is 404 g/mol. The van der Waals surface area contributed by atoms with Gasteiger partial charge in [0.1, 0.15) is 17.1 Å². The molecule has 2 aliphatic rings. The molecule has 0 spiro atoms. The Bertz CT molecular complexity index is 1210. The minimum Gasteiger partial charge on any atom is -0.507 e. The standard InChI is InChI=1S/C19H11BrO6/c20-8-1-2-12(21)9(3-8)19-10-4-13(22)15(24)6-17(10)26-18-7-16(25)14(23)5-11(18)19/h1-7,21-24H. The van der Waals surface area contributed by atoms with Crippen LogP contribution in [0.25, 0.3) is 33.4 Å². The van der Waals surface area contributed by atoms with E-state index < -0.39 is 11.2 Å². The van der Waals surface area contributed by atoms with Crippen LogP contribution in [-0.4, -0.2) is 20.4 Å². The lowest BCUT2D eigenvalue weighted by Gasteiger charge is -2.17. The molecule has 2 aromatic carbocycles. The van der Waals surface area contributed by atoms with E-state index in [1.807, 2.05) is 0 Å². The Morgan fingerprint density at radius 1 is 0.769 bits per heavy atom. The Kier molecular flexibility index (Phi) is 3.55. The van der Waals surface area contributed by atoms with Gasteiger partial charge in [-0.2, -0.15) is 0 Å². The number of benzene rings is 3. The minimum atomic E-state index is -0.618. The van der Waals surface area contributed by atoms with Crippen LogP contribution >= 0.6 is 15.9 Å². The topological polar surface area (TPSA) is 111 Å². The number of hydrogen-bond acceptors (Lipinski definition) is 6. The summed E-state index contributed by atoms with van der Waals surface area (Å²) in [6.07, 6.45) is 0. The van der Waals surface area contributed by atoms with Crippen molar-refractivity contribution < 1.29 is 24.8 Å². The third-order valence-electron chi connectivity index (χ3n) is 4.12. The van der Waals surface area contributed by atoms with Gasteiger partial charge < -0.3 is 24.8 Å². The van der Waals surface area contributed by atoms with E-state index in [1.54, 1.807) is 12.1 Å². The summed E-state index contributed by atoms with van der Waals surface area (Å²) in [4.78, 5) is 11.8. The molecular formula is C19H11BrO6. The Morgan fingerprint density at radius 2 is 1.50 bits per heavy atom. The molecule has 0 amide bonds.